The van der Waals surface area contributed by atoms with Gasteiger partial charge in [0.25, 0.3) is 11.5 Å². The molecule has 1 aliphatic heterocycles. The first-order valence-corrected chi connectivity index (χ1v) is 10.4. The van der Waals surface area contributed by atoms with E-state index in [-0.39, 0.29) is 28.7 Å². The lowest BCUT2D eigenvalue weighted by Gasteiger charge is -2.39. The number of nitrogens with zero attached hydrogens (tertiary/aromatic N) is 4. The van der Waals surface area contributed by atoms with Crippen molar-refractivity contribution < 1.29 is 4.79 Å². The van der Waals surface area contributed by atoms with Crippen molar-refractivity contribution in [3.8, 4) is 0 Å². The minimum atomic E-state index is -0.564. The van der Waals surface area contributed by atoms with Gasteiger partial charge < -0.3 is 10.2 Å². The minimum absolute atomic E-state index is 0.175. The molecule has 0 radical (unpaired) electrons. The highest BCUT2D eigenvalue weighted by Gasteiger charge is 2.22. The molecule has 3 heterocycles. The van der Waals surface area contributed by atoms with Gasteiger partial charge in [-0.3, -0.25) is 24.0 Å². The number of aromatic amines is 1. The molecule has 0 aliphatic carbocycles. The summed E-state index contributed by atoms with van der Waals surface area (Å²) in [6.07, 6.45) is 0. The Bertz CT molecular complexity index is 1200. The van der Waals surface area contributed by atoms with Crippen LogP contribution in [0.4, 0.5) is 5.69 Å². The van der Waals surface area contributed by atoms with Crippen LogP contribution in [0.2, 0.25) is 0 Å². The number of aryl methyl sites for hydroxylation is 1. The number of aromatic nitrogens is 3. The number of fused-ring (bicyclic) bond motifs is 1. The summed E-state index contributed by atoms with van der Waals surface area (Å²) in [6.45, 7) is 6.30. The Kier molecular flexibility index (Phi) is 5.85. The van der Waals surface area contributed by atoms with Crippen molar-refractivity contribution in [3.63, 3.8) is 0 Å². The zero-order valence-electron chi connectivity index (χ0n) is 17.7. The number of carbonyl (C=O) groups is 1. The SMILES string of the molecule is C[C@@H](CNC(=O)c1ccc2c(=O)[nH]c(=O)n(C)c2n1)N1CCN(c2ccccc2)CC1. The number of pyridine rings is 1. The first kappa shape index (κ1) is 20.8. The van der Waals surface area contributed by atoms with Crippen LogP contribution in [0.3, 0.4) is 0 Å². The molecule has 1 aromatic carbocycles. The van der Waals surface area contributed by atoms with Crippen molar-refractivity contribution in [3.05, 3.63) is 69.0 Å². The van der Waals surface area contributed by atoms with Crippen molar-refractivity contribution in [2.45, 2.75) is 13.0 Å². The Labute approximate surface area is 179 Å². The maximum Gasteiger partial charge on any atom is 0.329 e. The number of hydrogen-bond donors (Lipinski definition) is 2. The summed E-state index contributed by atoms with van der Waals surface area (Å²) < 4.78 is 1.22. The van der Waals surface area contributed by atoms with Crippen LogP contribution in [-0.2, 0) is 7.05 Å². The molecule has 1 atom stereocenters. The Balaban J connectivity index is 1.36. The Morgan fingerprint density at radius 1 is 1.10 bits per heavy atom. The van der Waals surface area contributed by atoms with Gasteiger partial charge in [-0.25, -0.2) is 9.78 Å². The summed E-state index contributed by atoms with van der Waals surface area (Å²) in [5, 5.41) is 3.19. The second-order valence-corrected chi connectivity index (χ2v) is 7.80. The molecule has 0 unspecified atom stereocenters. The molecule has 1 saturated heterocycles. The number of para-hydroxylation sites is 1. The fraction of sp³-hybridized carbons (Fsp3) is 0.364. The number of anilines is 1. The monoisotopic (exact) mass is 422 g/mol. The van der Waals surface area contributed by atoms with Crippen molar-refractivity contribution in [1.82, 2.24) is 24.8 Å². The van der Waals surface area contributed by atoms with Crippen molar-refractivity contribution in [2.24, 2.45) is 7.05 Å². The molecule has 2 N–H and O–H groups in total. The van der Waals surface area contributed by atoms with E-state index in [0.29, 0.717) is 6.54 Å². The topological polar surface area (TPSA) is 103 Å². The standard InChI is InChI=1S/C22H26N6O3/c1-15(27-10-12-28(13-11-27)16-6-4-3-5-7-16)14-23-21(30)18-9-8-17-19(24-18)26(2)22(31)25-20(17)29/h3-9,15H,10-14H2,1-2H3,(H,23,30)(H,25,29,31)/t15-/m0/s1. The molecular formula is C22H26N6O3. The highest BCUT2D eigenvalue weighted by molar-refractivity contribution is 5.94. The molecule has 9 nitrogen and oxygen atoms in total. The van der Waals surface area contributed by atoms with Crippen LogP contribution in [0.5, 0.6) is 0 Å². The van der Waals surface area contributed by atoms with E-state index < -0.39 is 11.2 Å². The van der Waals surface area contributed by atoms with E-state index in [0.717, 1.165) is 26.2 Å². The van der Waals surface area contributed by atoms with Crippen molar-refractivity contribution >= 4 is 22.6 Å². The lowest BCUT2D eigenvalue weighted by Crippen LogP contribution is -2.52. The third-order valence-electron chi connectivity index (χ3n) is 5.81. The largest absolute Gasteiger partial charge is 0.369 e. The average Bonchev–Trinajstić information content (AvgIpc) is 2.81. The fourth-order valence-corrected chi connectivity index (χ4v) is 3.87. The van der Waals surface area contributed by atoms with E-state index in [1.807, 2.05) is 6.07 Å². The zero-order valence-corrected chi connectivity index (χ0v) is 17.7. The summed E-state index contributed by atoms with van der Waals surface area (Å²) in [7, 11) is 1.51. The molecule has 0 spiro atoms. The van der Waals surface area contributed by atoms with E-state index >= 15 is 0 Å². The highest BCUT2D eigenvalue weighted by Crippen LogP contribution is 2.16. The summed E-state index contributed by atoms with van der Waals surface area (Å²) >= 11 is 0. The maximum absolute atomic E-state index is 12.6. The number of benzene rings is 1. The fourth-order valence-electron chi connectivity index (χ4n) is 3.87. The van der Waals surface area contributed by atoms with Gasteiger partial charge in [0.05, 0.1) is 5.39 Å². The van der Waals surface area contributed by atoms with Gasteiger partial charge in [-0.15, -0.1) is 0 Å². The molecule has 2 aromatic heterocycles. The molecule has 162 valence electrons. The van der Waals surface area contributed by atoms with Gasteiger partial charge in [0.1, 0.15) is 11.3 Å². The van der Waals surface area contributed by atoms with Gasteiger partial charge >= 0.3 is 5.69 Å². The third-order valence-corrected chi connectivity index (χ3v) is 5.81. The molecular weight excluding hydrogens is 396 g/mol. The van der Waals surface area contributed by atoms with Gasteiger partial charge in [0, 0.05) is 51.5 Å². The summed E-state index contributed by atoms with van der Waals surface area (Å²) in [6, 6.07) is 13.6. The average molecular weight is 422 g/mol. The molecule has 1 fully saturated rings. The number of carbonyl (C=O) groups excluding carboxylic acids is 1. The van der Waals surface area contributed by atoms with E-state index in [4.69, 9.17) is 0 Å². The normalized spacial score (nSPS) is 15.7. The molecule has 4 rings (SSSR count). The van der Waals surface area contributed by atoms with Crippen LogP contribution in [0.1, 0.15) is 17.4 Å². The smallest absolute Gasteiger partial charge is 0.329 e. The second-order valence-electron chi connectivity index (χ2n) is 7.80. The molecule has 9 heteroatoms. The molecule has 1 aliphatic rings. The number of amides is 1. The number of rotatable bonds is 5. The summed E-state index contributed by atoms with van der Waals surface area (Å²) in [4.78, 5) is 47.5. The molecule has 31 heavy (non-hydrogen) atoms. The molecule has 0 saturated carbocycles. The van der Waals surface area contributed by atoms with Crippen LogP contribution >= 0.6 is 0 Å². The third kappa shape index (κ3) is 4.36. The predicted molar refractivity (Wildman–Crippen MR) is 120 cm³/mol. The lowest BCUT2D eigenvalue weighted by molar-refractivity contribution is 0.0929. The number of nitrogens with one attached hydrogen (secondary N) is 2. The molecule has 0 bridgehead atoms. The Hall–Kier alpha value is -3.46. The van der Waals surface area contributed by atoms with Gasteiger partial charge in [0.15, 0.2) is 0 Å². The first-order chi connectivity index (χ1) is 14.9. The first-order valence-electron chi connectivity index (χ1n) is 10.4. The Morgan fingerprint density at radius 3 is 2.52 bits per heavy atom. The highest BCUT2D eigenvalue weighted by atomic mass is 16.2. The van der Waals surface area contributed by atoms with E-state index in [9.17, 15) is 14.4 Å². The van der Waals surface area contributed by atoms with E-state index in [1.165, 1.54) is 29.4 Å². The molecule has 1 amide bonds. The van der Waals surface area contributed by atoms with E-state index in [1.54, 1.807) is 0 Å². The number of hydrogen-bond acceptors (Lipinski definition) is 6. The quantitative estimate of drug-likeness (QED) is 0.623. The zero-order chi connectivity index (χ0) is 22.0. The number of piperazine rings is 1. The van der Waals surface area contributed by atoms with Crippen LogP contribution in [0.25, 0.3) is 11.0 Å². The van der Waals surface area contributed by atoms with Crippen LogP contribution in [0.15, 0.2) is 52.1 Å². The molecule has 3 aromatic rings. The lowest BCUT2D eigenvalue weighted by atomic mass is 10.2. The summed E-state index contributed by atoms with van der Waals surface area (Å²) in [5.41, 5.74) is 0.519. The minimum Gasteiger partial charge on any atom is -0.369 e. The Morgan fingerprint density at radius 2 is 1.81 bits per heavy atom. The second kappa shape index (κ2) is 8.73. The van der Waals surface area contributed by atoms with Gasteiger partial charge in [-0.05, 0) is 31.2 Å². The van der Waals surface area contributed by atoms with Crippen LogP contribution in [0, 0.1) is 0 Å². The van der Waals surface area contributed by atoms with Gasteiger partial charge in [0.2, 0.25) is 0 Å². The van der Waals surface area contributed by atoms with Crippen molar-refractivity contribution in [1.29, 1.82) is 0 Å². The number of H-pyrrole nitrogens is 1. The van der Waals surface area contributed by atoms with Crippen molar-refractivity contribution in [2.75, 3.05) is 37.6 Å². The van der Waals surface area contributed by atoms with E-state index in [2.05, 4.69) is 56.3 Å². The summed E-state index contributed by atoms with van der Waals surface area (Å²) in [5.74, 6) is -0.329. The predicted octanol–water partition coefficient (Wildman–Crippen LogP) is 0.562. The van der Waals surface area contributed by atoms with Gasteiger partial charge in [-0.2, -0.15) is 0 Å². The maximum atomic E-state index is 12.6. The van der Waals surface area contributed by atoms with Crippen LogP contribution < -0.4 is 21.5 Å². The van der Waals surface area contributed by atoms with Gasteiger partial charge in [-0.1, -0.05) is 18.2 Å². The van der Waals surface area contributed by atoms with Crippen LogP contribution in [-0.4, -0.2) is 64.1 Å².